The smallest absolute Gasteiger partial charge is 0.285 e. The van der Waals surface area contributed by atoms with Gasteiger partial charge < -0.3 is 5.32 Å². The van der Waals surface area contributed by atoms with Crippen LogP contribution < -0.4 is 10.9 Å². The van der Waals surface area contributed by atoms with Gasteiger partial charge in [0.2, 0.25) is 0 Å². The predicted molar refractivity (Wildman–Crippen MR) is 77.9 cm³/mol. The standard InChI is InChI=1S/C14H16ClN3O/c1-2-10-3-5-11(6-4-10)7-8-16-12-9-17-18-14(19)13(12)15/h3-6,9H,2,7-8H2,1H3,(H2,16,18,19). The van der Waals surface area contributed by atoms with Gasteiger partial charge in [0.25, 0.3) is 5.56 Å². The van der Waals surface area contributed by atoms with Crippen molar-refractivity contribution in [1.29, 1.82) is 0 Å². The molecule has 0 bridgehead atoms. The fourth-order valence-corrected chi connectivity index (χ4v) is 1.95. The van der Waals surface area contributed by atoms with E-state index in [0.717, 1.165) is 12.8 Å². The van der Waals surface area contributed by atoms with Gasteiger partial charge in [-0.05, 0) is 24.0 Å². The number of rotatable bonds is 5. The van der Waals surface area contributed by atoms with Crippen molar-refractivity contribution in [2.75, 3.05) is 11.9 Å². The average Bonchev–Trinajstić information content (AvgIpc) is 2.44. The summed E-state index contributed by atoms with van der Waals surface area (Å²) < 4.78 is 0. The van der Waals surface area contributed by atoms with E-state index in [1.54, 1.807) is 0 Å². The molecule has 1 aromatic heterocycles. The summed E-state index contributed by atoms with van der Waals surface area (Å²) in [6.07, 6.45) is 3.43. The second-order valence-electron chi connectivity index (χ2n) is 4.27. The van der Waals surface area contributed by atoms with Gasteiger partial charge in [0.15, 0.2) is 0 Å². The third-order valence-electron chi connectivity index (χ3n) is 2.96. The van der Waals surface area contributed by atoms with Crippen LogP contribution >= 0.6 is 11.6 Å². The minimum atomic E-state index is -0.376. The maximum Gasteiger partial charge on any atom is 0.285 e. The first-order chi connectivity index (χ1) is 9.20. The lowest BCUT2D eigenvalue weighted by Crippen LogP contribution is -2.13. The molecule has 2 rings (SSSR count). The molecular formula is C14H16ClN3O. The molecule has 0 atom stereocenters. The van der Waals surface area contributed by atoms with Gasteiger partial charge in [-0.2, -0.15) is 5.10 Å². The Morgan fingerprint density at radius 1 is 1.26 bits per heavy atom. The number of aromatic nitrogens is 2. The van der Waals surface area contributed by atoms with E-state index in [1.807, 2.05) is 0 Å². The molecule has 0 aliphatic heterocycles. The van der Waals surface area contributed by atoms with Crippen LogP contribution in [0.1, 0.15) is 18.1 Å². The van der Waals surface area contributed by atoms with E-state index < -0.39 is 0 Å². The molecule has 0 amide bonds. The number of nitrogens with one attached hydrogen (secondary N) is 2. The van der Waals surface area contributed by atoms with Gasteiger partial charge in [-0.1, -0.05) is 42.8 Å². The van der Waals surface area contributed by atoms with Crippen LogP contribution in [0.25, 0.3) is 0 Å². The van der Waals surface area contributed by atoms with E-state index in [1.165, 1.54) is 17.3 Å². The molecule has 100 valence electrons. The van der Waals surface area contributed by atoms with Gasteiger partial charge in [-0.15, -0.1) is 0 Å². The molecule has 0 fully saturated rings. The lowest BCUT2D eigenvalue weighted by molar-refractivity contribution is 0.968. The number of nitrogens with zero attached hydrogens (tertiary/aromatic N) is 1. The maximum atomic E-state index is 11.3. The first-order valence-electron chi connectivity index (χ1n) is 6.25. The molecule has 2 N–H and O–H groups in total. The number of anilines is 1. The maximum absolute atomic E-state index is 11.3. The van der Waals surface area contributed by atoms with Crippen LogP contribution in [0.4, 0.5) is 5.69 Å². The van der Waals surface area contributed by atoms with Crippen molar-refractivity contribution >= 4 is 17.3 Å². The van der Waals surface area contributed by atoms with Gasteiger partial charge in [0.1, 0.15) is 5.02 Å². The number of halogens is 1. The number of aromatic amines is 1. The molecule has 0 aliphatic rings. The van der Waals surface area contributed by atoms with E-state index in [2.05, 4.69) is 46.7 Å². The van der Waals surface area contributed by atoms with Gasteiger partial charge in [-0.25, -0.2) is 5.10 Å². The van der Waals surface area contributed by atoms with Crippen LogP contribution in [0.5, 0.6) is 0 Å². The van der Waals surface area contributed by atoms with Crippen LogP contribution in [-0.4, -0.2) is 16.7 Å². The topological polar surface area (TPSA) is 57.8 Å². The van der Waals surface area contributed by atoms with Crippen molar-refractivity contribution < 1.29 is 0 Å². The zero-order chi connectivity index (χ0) is 13.7. The summed E-state index contributed by atoms with van der Waals surface area (Å²) in [7, 11) is 0. The molecule has 0 unspecified atom stereocenters. The number of hydrogen-bond donors (Lipinski definition) is 2. The Morgan fingerprint density at radius 3 is 2.63 bits per heavy atom. The zero-order valence-electron chi connectivity index (χ0n) is 10.7. The van der Waals surface area contributed by atoms with Crippen LogP contribution in [-0.2, 0) is 12.8 Å². The van der Waals surface area contributed by atoms with Gasteiger partial charge in [0, 0.05) is 6.54 Å². The highest BCUT2D eigenvalue weighted by atomic mass is 35.5. The second kappa shape index (κ2) is 6.38. The molecule has 2 aromatic rings. The van der Waals surface area contributed by atoms with Crippen LogP contribution in [0.15, 0.2) is 35.3 Å². The first kappa shape index (κ1) is 13.6. The normalized spacial score (nSPS) is 10.4. The van der Waals surface area contributed by atoms with E-state index in [0.29, 0.717) is 12.2 Å². The van der Waals surface area contributed by atoms with Crippen molar-refractivity contribution in [2.45, 2.75) is 19.8 Å². The van der Waals surface area contributed by atoms with Crippen molar-refractivity contribution in [2.24, 2.45) is 0 Å². The predicted octanol–water partition coefficient (Wildman–Crippen LogP) is 2.64. The molecule has 0 saturated heterocycles. The Balaban J connectivity index is 1.92. The summed E-state index contributed by atoms with van der Waals surface area (Å²) in [5.41, 5.74) is 2.77. The van der Waals surface area contributed by atoms with Gasteiger partial charge in [-0.3, -0.25) is 4.79 Å². The van der Waals surface area contributed by atoms with E-state index >= 15 is 0 Å². The molecule has 0 aliphatic carbocycles. The van der Waals surface area contributed by atoms with Crippen molar-refractivity contribution in [3.05, 3.63) is 57.0 Å². The SMILES string of the molecule is CCc1ccc(CCNc2cn[nH]c(=O)c2Cl)cc1. The first-order valence-corrected chi connectivity index (χ1v) is 6.63. The van der Waals surface area contributed by atoms with Crippen LogP contribution in [0, 0.1) is 0 Å². The van der Waals surface area contributed by atoms with Crippen molar-refractivity contribution in [3.8, 4) is 0 Å². The Labute approximate surface area is 116 Å². The summed E-state index contributed by atoms with van der Waals surface area (Å²) in [4.78, 5) is 11.3. The minimum Gasteiger partial charge on any atom is -0.382 e. The second-order valence-corrected chi connectivity index (χ2v) is 4.65. The number of benzene rings is 1. The lowest BCUT2D eigenvalue weighted by atomic mass is 10.1. The van der Waals surface area contributed by atoms with Crippen LogP contribution in [0.2, 0.25) is 5.02 Å². The molecule has 0 spiro atoms. The Hall–Kier alpha value is -1.81. The lowest BCUT2D eigenvalue weighted by Gasteiger charge is -2.07. The van der Waals surface area contributed by atoms with E-state index in [4.69, 9.17) is 11.6 Å². The molecule has 19 heavy (non-hydrogen) atoms. The minimum absolute atomic E-state index is 0.149. The molecular weight excluding hydrogens is 262 g/mol. The quantitative estimate of drug-likeness (QED) is 0.883. The Bertz CT molecular complexity index is 592. The Morgan fingerprint density at radius 2 is 1.95 bits per heavy atom. The molecule has 1 heterocycles. The number of H-pyrrole nitrogens is 1. The summed E-state index contributed by atoms with van der Waals surface area (Å²) >= 11 is 5.87. The molecule has 0 saturated carbocycles. The van der Waals surface area contributed by atoms with Gasteiger partial charge >= 0.3 is 0 Å². The summed E-state index contributed by atoms with van der Waals surface area (Å²) in [5.74, 6) is 0. The van der Waals surface area contributed by atoms with E-state index in [9.17, 15) is 4.79 Å². The third kappa shape index (κ3) is 3.58. The molecule has 5 heteroatoms. The van der Waals surface area contributed by atoms with E-state index in [-0.39, 0.29) is 10.6 Å². The number of hydrogen-bond acceptors (Lipinski definition) is 3. The highest BCUT2D eigenvalue weighted by Crippen LogP contribution is 2.14. The fraction of sp³-hybridized carbons (Fsp3) is 0.286. The summed E-state index contributed by atoms with van der Waals surface area (Å²) in [6.45, 7) is 2.84. The van der Waals surface area contributed by atoms with Crippen LogP contribution in [0.3, 0.4) is 0 Å². The summed E-state index contributed by atoms with van der Waals surface area (Å²) in [5, 5.41) is 9.26. The zero-order valence-corrected chi connectivity index (χ0v) is 11.5. The monoisotopic (exact) mass is 277 g/mol. The highest BCUT2D eigenvalue weighted by molar-refractivity contribution is 6.32. The highest BCUT2D eigenvalue weighted by Gasteiger charge is 2.03. The van der Waals surface area contributed by atoms with Crippen molar-refractivity contribution in [3.63, 3.8) is 0 Å². The largest absolute Gasteiger partial charge is 0.382 e. The summed E-state index contributed by atoms with van der Waals surface area (Å²) in [6, 6.07) is 8.52. The fourth-order valence-electron chi connectivity index (χ4n) is 1.79. The van der Waals surface area contributed by atoms with Crippen molar-refractivity contribution in [1.82, 2.24) is 10.2 Å². The third-order valence-corrected chi connectivity index (χ3v) is 3.33. The average molecular weight is 278 g/mol. The molecule has 4 nitrogen and oxygen atoms in total. The molecule has 0 radical (unpaired) electrons. The number of aryl methyl sites for hydroxylation is 1. The molecule has 1 aromatic carbocycles. The van der Waals surface area contributed by atoms with Gasteiger partial charge in [0.05, 0.1) is 11.9 Å². The Kier molecular flexibility index (Phi) is 4.58.